The van der Waals surface area contributed by atoms with Gasteiger partial charge in [0.15, 0.2) is 0 Å². The molecule has 1 spiro atoms. The van der Waals surface area contributed by atoms with Crippen LogP contribution in [0.15, 0.2) is 48.9 Å². The highest BCUT2D eigenvalue weighted by Crippen LogP contribution is 2.58. The maximum atomic E-state index is 10.3. The molecule has 0 radical (unpaired) electrons. The van der Waals surface area contributed by atoms with E-state index in [2.05, 4.69) is 47.2 Å². The van der Waals surface area contributed by atoms with Crippen LogP contribution in [0.25, 0.3) is 11.3 Å². The fraction of sp³-hybridized carbons (Fsp3) is 0.423. The van der Waals surface area contributed by atoms with Crippen LogP contribution in [0.2, 0.25) is 0 Å². The number of nitrogens with zero attached hydrogens (tertiary/aromatic N) is 4. The molecule has 1 saturated carbocycles. The first-order valence-electron chi connectivity index (χ1n) is 11.3. The van der Waals surface area contributed by atoms with Crippen molar-refractivity contribution < 1.29 is 5.11 Å². The monoisotopic (exact) mass is 429 g/mol. The summed E-state index contributed by atoms with van der Waals surface area (Å²) in [6, 6.07) is 10.6. The zero-order valence-electron chi connectivity index (χ0n) is 19.5. The van der Waals surface area contributed by atoms with Gasteiger partial charge in [0, 0.05) is 47.3 Å². The summed E-state index contributed by atoms with van der Waals surface area (Å²) in [5.74, 6) is 0.719. The van der Waals surface area contributed by atoms with Gasteiger partial charge in [0.1, 0.15) is 0 Å². The van der Waals surface area contributed by atoms with Gasteiger partial charge < -0.3 is 15.3 Å². The minimum absolute atomic E-state index is 0.109. The molecule has 6 nitrogen and oxygen atoms in total. The smallest absolute Gasteiger partial charge is 0.229 e. The number of fused-ring (bicyclic) bond motifs is 2. The minimum atomic E-state index is -0.921. The maximum Gasteiger partial charge on any atom is 0.229 e. The van der Waals surface area contributed by atoms with E-state index in [-0.39, 0.29) is 11.0 Å². The van der Waals surface area contributed by atoms with E-state index in [1.54, 1.807) is 20.0 Å². The number of pyridine rings is 1. The molecule has 1 fully saturated rings. The molecule has 0 atom stereocenters. The van der Waals surface area contributed by atoms with Crippen molar-refractivity contribution in [2.24, 2.45) is 0 Å². The number of hydrogen-bond donors (Lipinski definition) is 2. The second kappa shape index (κ2) is 7.09. The van der Waals surface area contributed by atoms with Gasteiger partial charge >= 0.3 is 0 Å². The number of aromatic nitrogens is 3. The van der Waals surface area contributed by atoms with E-state index in [9.17, 15) is 5.11 Å². The van der Waals surface area contributed by atoms with Gasteiger partial charge in [-0.25, -0.2) is 9.97 Å². The third-order valence-corrected chi connectivity index (χ3v) is 7.16. The van der Waals surface area contributed by atoms with E-state index in [1.807, 2.05) is 31.6 Å². The largest absolute Gasteiger partial charge is 0.386 e. The van der Waals surface area contributed by atoms with Crippen LogP contribution in [-0.4, -0.2) is 33.7 Å². The zero-order valence-corrected chi connectivity index (χ0v) is 19.5. The number of benzene rings is 1. The van der Waals surface area contributed by atoms with Gasteiger partial charge in [-0.15, -0.1) is 0 Å². The van der Waals surface area contributed by atoms with E-state index in [0.29, 0.717) is 0 Å². The summed E-state index contributed by atoms with van der Waals surface area (Å²) in [6.45, 7) is 8.86. The highest BCUT2D eigenvalue weighted by Gasteiger charge is 2.52. The van der Waals surface area contributed by atoms with Gasteiger partial charge in [0.2, 0.25) is 5.95 Å². The fourth-order valence-electron chi connectivity index (χ4n) is 4.53. The minimum Gasteiger partial charge on any atom is -0.386 e. The molecule has 3 aromatic rings. The summed E-state index contributed by atoms with van der Waals surface area (Å²) in [7, 11) is 2.00. The van der Waals surface area contributed by atoms with E-state index in [1.165, 1.54) is 29.7 Å². The molecular weight excluding hydrogens is 398 g/mol. The summed E-state index contributed by atoms with van der Waals surface area (Å²) in [5.41, 5.74) is 5.53. The third-order valence-electron chi connectivity index (χ3n) is 7.16. The number of hydrogen-bond acceptors (Lipinski definition) is 6. The van der Waals surface area contributed by atoms with E-state index >= 15 is 0 Å². The Morgan fingerprint density at radius 3 is 2.31 bits per heavy atom. The molecule has 0 amide bonds. The lowest BCUT2D eigenvalue weighted by molar-refractivity contribution is 0.0785. The highest BCUT2D eigenvalue weighted by molar-refractivity contribution is 5.72. The molecule has 2 aromatic heterocycles. The summed E-state index contributed by atoms with van der Waals surface area (Å²) < 4.78 is 0. The Kier molecular flexibility index (Phi) is 4.66. The van der Waals surface area contributed by atoms with E-state index in [4.69, 9.17) is 9.97 Å². The molecule has 6 heteroatoms. The van der Waals surface area contributed by atoms with Gasteiger partial charge in [-0.3, -0.25) is 4.98 Å². The van der Waals surface area contributed by atoms with Crippen LogP contribution < -0.4 is 10.2 Å². The van der Waals surface area contributed by atoms with Crippen molar-refractivity contribution in [3.8, 4) is 11.3 Å². The second-order valence-corrected chi connectivity index (χ2v) is 10.2. The molecule has 166 valence electrons. The zero-order chi connectivity index (χ0) is 22.7. The van der Waals surface area contributed by atoms with Crippen LogP contribution in [0.5, 0.6) is 0 Å². The molecule has 5 rings (SSSR count). The summed E-state index contributed by atoms with van der Waals surface area (Å²) >= 11 is 0. The standard InChI is InChI=1S/C26H31N5O/c1-24(2,27-5)18-6-7-20-22(13-18)31(16-26(20)9-10-26)23-29-14-17(15-30-23)21-12-19(8-11-28-21)25(3,4)32/h6-8,11-15,27,32H,9-10,16H2,1-5H3. The van der Waals surface area contributed by atoms with Gasteiger partial charge in [0.05, 0.1) is 11.3 Å². The molecule has 0 unspecified atom stereocenters. The number of anilines is 2. The van der Waals surface area contributed by atoms with Gasteiger partial charge in [-0.2, -0.15) is 0 Å². The Morgan fingerprint density at radius 1 is 0.969 bits per heavy atom. The lowest BCUT2D eigenvalue weighted by Crippen LogP contribution is -2.33. The molecular formula is C26H31N5O. The highest BCUT2D eigenvalue weighted by atomic mass is 16.3. The first-order valence-corrected chi connectivity index (χ1v) is 11.3. The molecule has 1 aromatic carbocycles. The average molecular weight is 430 g/mol. The first kappa shape index (κ1) is 21.0. The Hall–Kier alpha value is -2.83. The summed E-state index contributed by atoms with van der Waals surface area (Å²) in [5, 5.41) is 13.7. The van der Waals surface area contributed by atoms with Crippen LogP contribution in [0.4, 0.5) is 11.6 Å². The van der Waals surface area contributed by atoms with E-state index < -0.39 is 5.60 Å². The van der Waals surface area contributed by atoms with E-state index in [0.717, 1.165) is 29.3 Å². The molecule has 1 aliphatic carbocycles. The Balaban J connectivity index is 1.49. The topological polar surface area (TPSA) is 74.2 Å². The molecule has 2 N–H and O–H groups in total. The van der Waals surface area contributed by atoms with Crippen molar-refractivity contribution in [1.29, 1.82) is 0 Å². The SMILES string of the molecule is CNC(C)(C)c1ccc2c(c1)N(c1ncc(-c3cc(C(C)(C)O)ccn3)cn1)CC21CC1. The Morgan fingerprint density at radius 2 is 1.69 bits per heavy atom. The van der Waals surface area contributed by atoms with Gasteiger partial charge in [0.25, 0.3) is 0 Å². The van der Waals surface area contributed by atoms with Crippen molar-refractivity contribution in [1.82, 2.24) is 20.3 Å². The van der Waals surface area contributed by atoms with Crippen LogP contribution in [0, 0.1) is 0 Å². The van der Waals surface area contributed by atoms with Crippen molar-refractivity contribution >= 4 is 11.6 Å². The van der Waals surface area contributed by atoms with Crippen molar-refractivity contribution in [3.05, 3.63) is 65.6 Å². The molecule has 0 saturated heterocycles. The molecule has 32 heavy (non-hydrogen) atoms. The fourth-order valence-corrected chi connectivity index (χ4v) is 4.53. The lowest BCUT2D eigenvalue weighted by atomic mass is 9.90. The average Bonchev–Trinajstić information content (AvgIpc) is 3.50. The summed E-state index contributed by atoms with van der Waals surface area (Å²) in [4.78, 5) is 16.2. The van der Waals surface area contributed by atoms with Crippen molar-refractivity contribution in [2.45, 2.75) is 57.1 Å². The van der Waals surface area contributed by atoms with Crippen LogP contribution in [0.3, 0.4) is 0 Å². The lowest BCUT2D eigenvalue weighted by Gasteiger charge is -2.26. The third kappa shape index (κ3) is 3.48. The molecule has 3 heterocycles. The summed E-state index contributed by atoms with van der Waals surface area (Å²) in [6.07, 6.45) is 7.82. The quantitative estimate of drug-likeness (QED) is 0.626. The molecule has 2 aliphatic rings. The van der Waals surface area contributed by atoms with Crippen LogP contribution in [0.1, 0.15) is 57.2 Å². The maximum absolute atomic E-state index is 10.3. The molecule has 0 bridgehead atoms. The van der Waals surface area contributed by atoms with Crippen molar-refractivity contribution in [2.75, 3.05) is 18.5 Å². The number of rotatable bonds is 5. The predicted molar refractivity (Wildman–Crippen MR) is 127 cm³/mol. The van der Waals surface area contributed by atoms with Crippen molar-refractivity contribution in [3.63, 3.8) is 0 Å². The van der Waals surface area contributed by atoms with Gasteiger partial charge in [-0.05, 0) is 82.5 Å². The Bertz CT molecular complexity index is 1160. The van der Waals surface area contributed by atoms with Gasteiger partial charge in [-0.1, -0.05) is 12.1 Å². The normalized spacial score (nSPS) is 17.0. The Labute approximate surface area is 189 Å². The van der Waals surface area contributed by atoms with Crippen LogP contribution in [-0.2, 0) is 16.6 Å². The number of nitrogens with one attached hydrogen (secondary N) is 1. The van der Waals surface area contributed by atoms with Crippen LogP contribution >= 0.6 is 0 Å². The molecule has 1 aliphatic heterocycles. The predicted octanol–water partition coefficient (Wildman–Crippen LogP) is 4.40. The first-order chi connectivity index (χ1) is 15.1. The number of aliphatic hydroxyl groups is 1. The second-order valence-electron chi connectivity index (χ2n) is 10.2.